The summed E-state index contributed by atoms with van der Waals surface area (Å²) in [6, 6.07) is 13.1. The summed E-state index contributed by atoms with van der Waals surface area (Å²) in [5.41, 5.74) is 5.24. The van der Waals surface area contributed by atoms with Crippen LogP contribution < -0.4 is 5.32 Å². The Hall–Kier alpha value is -3.53. The van der Waals surface area contributed by atoms with E-state index in [-0.39, 0.29) is 5.91 Å². The number of hydrogen-bond donors (Lipinski definition) is 3. The third kappa shape index (κ3) is 4.33. The van der Waals surface area contributed by atoms with Crippen LogP contribution in [0.2, 0.25) is 0 Å². The molecule has 0 spiro atoms. The second kappa shape index (κ2) is 9.41. The number of carbonyl (C=O) groups excluding carboxylic acids is 1. The molecule has 1 amide bonds. The smallest absolute Gasteiger partial charge is 0.275 e. The molecule has 37 heavy (non-hydrogen) atoms. The average molecular weight is 512 g/mol. The molecule has 0 radical (unpaired) electrons. The van der Waals surface area contributed by atoms with Gasteiger partial charge >= 0.3 is 0 Å². The Morgan fingerprint density at radius 3 is 3.05 bits per heavy atom. The average Bonchev–Trinajstić information content (AvgIpc) is 3.69. The minimum Gasteiger partial charge on any atom is -0.361 e. The summed E-state index contributed by atoms with van der Waals surface area (Å²) in [6.45, 7) is 4.10. The van der Waals surface area contributed by atoms with E-state index in [2.05, 4.69) is 54.6 Å². The first-order chi connectivity index (χ1) is 18.2. The van der Waals surface area contributed by atoms with Gasteiger partial charge in [-0.15, -0.1) is 11.3 Å². The molecule has 1 unspecified atom stereocenters. The molecule has 2 fully saturated rings. The highest BCUT2D eigenvalue weighted by Gasteiger charge is 2.29. The molecule has 9 heteroatoms. The van der Waals surface area contributed by atoms with Crippen molar-refractivity contribution in [3.05, 3.63) is 64.9 Å². The van der Waals surface area contributed by atoms with Crippen LogP contribution in [0.1, 0.15) is 41.2 Å². The molecule has 2 aliphatic rings. The normalized spacial score (nSPS) is 18.9. The third-order valence-electron chi connectivity index (χ3n) is 7.77. The van der Waals surface area contributed by atoms with Gasteiger partial charge in [0, 0.05) is 40.5 Å². The van der Waals surface area contributed by atoms with Gasteiger partial charge in [0.1, 0.15) is 10.7 Å². The van der Waals surface area contributed by atoms with E-state index in [9.17, 15) is 4.79 Å². The molecular weight excluding hydrogens is 482 g/mol. The molecule has 5 heterocycles. The van der Waals surface area contributed by atoms with E-state index in [0.717, 1.165) is 69.4 Å². The Balaban J connectivity index is 1.11. The molecule has 2 saturated heterocycles. The highest BCUT2D eigenvalue weighted by molar-refractivity contribution is 7.09. The van der Waals surface area contributed by atoms with Gasteiger partial charge in [0.2, 0.25) is 0 Å². The molecule has 0 aliphatic carbocycles. The largest absolute Gasteiger partial charge is 0.361 e. The molecular formula is C28H29N7OS. The fourth-order valence-corrected chi connectivity index (χ4v) is 6.69. The molecule has 0 bridgehead atoms. The lowest BCUT2D eigenvalue weighted by atomic mass is 9.98. The highest BCUT2D eigenvalue weighted by atomic mass is 32.1. The molecule has 5 aromatic rings. The van der Waals surface area contributed by atoms with Crippen molar-refractivity contribution in [1.82, 2.24) is 30.0 Å². The van der Waals surface area contributed by atoms with Crippen LogP contribution >= 0.6 is 11.3 Å². The van der Waals surface area contributed by atoms with E-state index in [1.165, 1.54) is 32.2 Å². The van der Waals surface area contributed by atoms with Crippen LogP contribution in [-0.2, 0) is 6.54 Å². The third-order valence-corrected chi connectivity index (χ3v) is 8.60. The number of H-pyrrole nitrogens is 2. The Bertz CT molecular complexity index is 1580. The Kier molecular flexibility index (Phi) is 5.76. The molecule has 3 aromatic heterocycles. The number of rotatable bonds is 5. The number of carbonyl (C=O) groups is 1. The van der Waals surface area contributed by atoms with Crippen LogP contribution in [0.3, 0.4) is 0 Å². The van der Waals surface area contributed by atoms with Crippen LogP contribution in [0.15, 0.2) is 54.2 Å². The summed E-state index contributed by atoms with van der Waals surface area (Å²) in [6.07, 6.45) is 8.93. The predicted molar refractivity (Wildman–Crippen MR) is 148 cm³/mol. The topological polar surface area (TPSA) is 92.9 Å². The summed E-state index contributed by atoms with van der Waals surface area (Å²) < 4.78 is 0. The van der Waals surface area contributed by atoms with Gasteiger partial charge in [0.15, 0.2) is 0 Å². The van der Waals surface area contributed by atoms with Crippen LogP contribution in [-0.4, -0.2) is 61.7 Å². The summed E-state index contributed by atoms with van der Waals surface area (Å²) >= 11 is 1.57. The van der Waals surface area contributed by atoms with Crippen LogP contribution in [0, 0.1) is 0 Å². The number of aromatic amines is 2. The van der Waals surface area contributed by atoms with E-state index in [1.807, 2.05) is 23.7 Å². The lowest BCUT2D eigenvalue weighted by molar-refractivity contribution is 0.0132. The van der Waals surface area contributed by atoms with E-state index in [1.54, 1.807) is 17.5 Å². The van der Waals surface area contributed by atoms with E-state index in [4.69, 9.17) is 4.98 Å². The highest BCUT2D eigenvalue weighted by Crippen LogP contribution is 2.34. The van der Waals surface area contributed by atoms with Crippen molar-refractivity contribution in [3.63, 3.8) is 0 Å². The molecule has 188 valence electrons. The Labute approximate surface area is 218 Å². The van der Waals surface area contributed by atoms with Crippen molar-refractivity contribution in [3.8, 4) is 11.1 Å². The molecule has 2 aliphatic heterocycles. The van der Waals surface area contributed by atoms with Gasteiger partial charge in [-0.25, -0.2) is 4.98 Å². The minimum atomic E-state index is -0.197. The zero-order valence-electron chi connectivity index (χ0n) is 20.5. The number of anilines is 1. The Morgan fingerprint density at radius 2 is 2.08 bits per heavy atom. The van der Waals surface area contributed by atoms with Crippen LogP contribution in [0.5, 0.6) is 0 Å². The number of benzene rings is 2. The number of nitrogens with one attached hydrogen (secondary N) is 3. The first-order valence-corrected chi connectivity index (χ1v) is 13.8. The van der Waals surface area contributed by atoms with Crippen molar-refractivity contribution in [2.75, 3.05) is 25.1 Å². The molecule has 8 nitrogen and oxygen atoms in total. The van der Waals surface area contributed by atoms with Gasteiger partial charge in [-0.05, 0) is 61.2 Å². The van der Waals surface area contributed by atoms with E-state index >= 15 is 0 Å². The summed E-state index contributed by atoms with van der Waals surface area (Å²) in [5, 5.41) is 15.3. The Morgan fingerprint density at radius 1 is 1.11 bits per heavy atom. The van der Waals surface area contributed by atoms with Gasteiger partial charge < -0.3 is 10.3 Å². The number of fused-ring (bicyclic) bond motifs is 3. The maximum Gasteiger partial charge on any atom is 0.275 e. The molecule has 3 N–H and O–H groups in total. The number of hydrogen-bond acceptors (Lipinski definition) is 6. The lowest BCUT2D eigenvalue weighted by Crippen LogP contribution is -2.51. The maximum atomic E-state index is 13.3. The van der Waals surface area contributed by atoms with Gasteiger partial charge in [0.25, 0.3) is 5.91 Å². The standard InChI is InChI=1S/C28H29N7OS/c36-28(26-16-37-27(31-26)15-34-11-8-19-4-1-2-10-35(19)17-34)32-24-12-18(13-25-22(24)14-30-33-25)20-5-3-6-23-21(20)7-9-29-23/h3,5-7,9,12-14,16,19,29H,1-2,4,8,10-11,15,17H2,(H,30,33)(H,32,36). The minimum absolute atomic E-state index is 0.197. The zero-order chi connectivity index (χ0) is 24.8. The number of amides is 1. The summed E-state index contributed by atoms with van der Waals surface area (Å²) in [7, 11) is 0. The molecule has 0 saturated carbocycles. The van der Waals surface area contributed by atoms with Gasteiger partial charge in [0.05, 0.1) is 30.6 Å². The maximum absolute atomic E-state index is 13.3. The number of aromatic nitrogens is 4. The summed E-state index contributed by atoms with van der Waals surface area (Å²) in [5.74, 6) is -0.197. The second-order valence-electron chi connectivity index (χ2n) is 10.1. The van der Waals surface area contributed by atoms with Crippen molar-refractivity contribution in [2.45, 2.75) is 38.3 Å². The van der Waals surface area contributed by atoms with Crippen molar-refractivity contribution in [2.24, 2.45) is 0 Å². The predicted octanol–water partition coefficient (Wildman–Crippen LogP) is 5.44. The van der Waals surface area contributed by atoms with Crippen molar-refractivity contribution >= 4 is 44.7 Å². The van der Waals surface area contributed by atoms with E-state index in [0.29, 0.717) is 5.69 Å². The monoisotopic (exact) mass is 511 g/mol. The lowest BCUT2D eigenvalue weighted by Gasteiger charge is -2.44. The molecule has 1 atom stereocenters. The van der Waals surface area contributed by atoms with Crippen LogP contribution in [0.4, 0.5) is 5.69 Å². The SMILES string of the molecule is O=C(Nc1cc(-c2cccc3[nH]ccc23)cc2[nH]ncc12)c1csc(CN2CCC3CCCCN3C2)n1. The fourth-order valence-electron chi connectivity index (χ4n) is 5.87. The van der Waals surface area contributed by atoms with Crippen LogP contribution in [0.25, 0.3) is 32.9 Å². The van der Waals surface area contributed by atoms with E-state index < -0.39 is 0 Å². The fraction of sp³-hybridized carbons (Fsp3) is 0.321. The number of nitrogens with zero attached hydrogens (tertiary/aromatic N) is 4. The second-order valence-corrected chi connectivity index (χ2v) is 11.1. The van der Waals surface area contributed by atoms with Crippen molar-refractivity contribution < 1.29 is 4.79 Å². The molecule has 7 rings (SSSR count). The van der Waals surface area contributed by atoms with Gasteiger partial charge in [-0.2, -0.15) is 5.10 Å². The first-order valence-electron chi connectivity index (χ1n) is 13.0. The van der Waals surface area contributed by atoms with Gasteiger partial charge in [-0.3, -0.25) is 19.7 Å². The molecule has 2 aromatic carbocycles. The van der Waals surface area contributed by atoms with Crippen molar-refractivity contribution in [1.29, 1.82) is 0 Å². The zero-order valence-corrected chi connectivity index (χ0v) is 21.4. The summed E-state index contributed by atoms with van der Waals surface area (Å²) in [4.78, 5) is 26.3. The van der Waals surface area contributed by atoms with Gasteiger partial charge in [-0.1, -0.05) is 18.6 Å². The quantitative estimate of drug-likeness (QED) is 0.292. The number of piperidine rings is 1. The first kappa shape index (κ1) is 22.7. The number of thiazole rings is 1.